The fourth-order valence-electron chi connectivity index (χ4n) is 1.01. The van der Waals surface area contributed by atoms with Gasteiger partial charge < -0.3 is 0 Å². The standard InChI is InChI=1S/C11H21/c1-3-5-7-9-11-10-8-6-4-2/h9,11H,1,3-8,10H2,2H3/b11-9+. The molecule has 0 N–H and O–H groups in total. The van der Waals surface area contributed by atoms with Crippen molar-refractivity contribution in [1.29, 1.82) is 0 Å². The molecular weight excluding hydrogens is 132 g/mol. The Balaban J connectivity index is 2.91. The van der Waals surface area contributed by atoms with E-state index in [4.69, 9.17) is 0 Å². The van der Waals surface area contributed by atoms with Gasteiger partial charge in [0, 0.05) is 0 Å². The van der Waals surface area contributed by atoms with Crippen LogP contribution in [-0.2, 0) is 0 Å². The van der Waals surface area contributed by atoms with Crippen LogP contribution >= 0.6 is 0 Å². The molecule has 0 aliphatic rings. The Labute approximate surface area is 71.7 Å². The highest BCUT2D eigenvalue weighted by molar-refractivity contribution is 4.81. The van der Waals surface area contributed by atoms with Gasteiger partial charge in [-0.1, -0.05) is 45.3 Å². The van der Waals surface area contributed by atoms with Crippen molar-refractivity contribution in [3.05, 3.63) is 19.1 Å². The maximum absolute atomic E-state index is 3.80. The topological polar surface area (TPSA) is 0 Å². The Kier molecular flexibility index (Phi) is 9.51. The summed E-state index contributed by atoms with van der Waals surface area (Å²) in [6, 6.07) is 0. The van der Waals surface area contributed by atoms with Crippen LogP contribution in [0.2, 0.25) is 0 Å². The number of rotatable bonds is 7. The zero-order valence-corrected chi connectivity index (χ0v) is 7.81. The zero-order valence-electron chi connectivity index (χ0n) is 7.81. The molecule has 0 saturated heterocycles. The maximum Gasteiger partial charge on any atom is -0.0351 e. The second-order valence-electron chi connectivity index (χ2n) is 2.96. The third kappa shape index (κ3) is 9.74. The average Bonchev–Trinajstić information content (AvgIpc) is 2.03. The van der Waals surface area contributed by atoms with Gasteiger partial charge in [0.05, 0.1) is 0 Å². The van der Waals surface area contributed by atoms with Gasteiger partial charge in [0.2, 0.25) is 0 Å². The summed E-state index contributed by atoms with van der Waals surface area (Å²) in [5, 5.41) is 0. The molecule has 0 heterocycles. The second-order valence-corrected chi connectivity index (χ2v) is 2.96. The molecule has 1 radical (unpaired) electrons. The van der Waals surface area contributed by atoms with Gasteiger partial charge in [-0.15, -0.1) is 0 Å². The normalized spacial score (nSPS) is 11.1. The highest BCUT2D eigenvalue weighted by Crippen LogP contribution is 2.01. The van der Waals surface area contributed by atoms with Crippen LogP contribution in [0.4, 0.5) is 0 Å². The molecule has 0 aliphatic carbocycles. The summed E-state index contributed by atoms with van der Waals surface area (Å²) >= 11 is 0. The second kappa shape index (κ2) is 9.74. The van der Waals surface area contributed by atoms with E-state index in [0.29, 0.717) is 0 Å². The van der Waals surface area contributed by atoms with Crippen LogP contribution in [-0.4, -0.2) is 0 Å². The smallest absolute Gasteiger partial charge is 0.0351 e. The molecule has 0 atom stereocenters. The molecule has 0 rings (SSSR count). The van der Waals surface area contributed by atoms with Gasteiger partial charge in [-0.05, 0) is 25.7 Å². The third-order valence-electron chi connectivity index (χ3n) is 1.76. The largest absolute Gasteiger partial charge is 0.0885 e. The first kappa shape index (κ1) is 10.7. The molecule has 65 valence electrons. The van der Waals surface area contributed by atoms with E-state index in [1.165, 1.54) is 38.5 Å². The molecule has 11 heavy (non-hydrogen) atoms. The maximum atomic E-state index is 3.80. The van der Waals surface area contributed by atoms with E-state index in [9.17, 15) is 0 Å². The molecule has 0 spiro atoms. The fourth-order valence-corrected chi connectivity index (χ4v) is 1.01. The Morgan fingerprint density at radius 1 is 1.00 bits per heavy atom. The molecule has 0 aromatic rings. The van der Waals surface area contributed by atoms with Crippen LogP contribution < -0.4 is 0 Å². The first-order chi connectivity index (χ1) is 5.41. The van der Waals surface area contributed by atoms with Crippen molar-refractivity contribution in [2.75, 3.05) is 0 Å². The van der Waals surface area contributed by atoms with Crippen molar-refractivity contribution >= 4 is 0 Å². The van der Waals surface area contributed by atoms with E-state index < -0.39 is 0 Å². The van der Waals surface area contributed by atoms with E-state index in [-0.39, 0.29) is 0 Å². The number of unbranched alkanes of at least 4 members (excludes halogenated alkanes) is 5. The summed E-state index contributed by atoms with van der Waals surface area (Å²) < 4.78 is 0. The molecular formula is C11H21. The SMILES string of the molecule is [CH2]CCC/C=C/CCCCC. The molecule has 0 bridgehead atoms. The Hall–Kier alpha value is -0.260. The molecule has 0 unspecified atom stereocenters. The van der Waals surface area contributed by atoms with Crippen LogP contribution in [0.3, 0.4) is 0 Å². The zero-order chi connectivity index (χ0) is 8.36. The van der Waals surface area contributed by atoms with Gasteiger partial charge in [0.1, 0.15) is 0 Å². The summed E-state index contributed by atoms with van der Waals surface area (Å²) in [7, 11) is 0. The Morgan fingerprint density at radius 2 is 1.64 bits per heavy atom. The van der Waals surface area contributed by atoms with Gasteiger partial charge in [0.15, 0.2) is 0 Å². The van der Waals surface area contributed by atoms with Crippen LogP contribution in [0.15, 0.2) is 12.2 Å². The highest BCUT2D eigenvalue weighted by atomic mass is 13.9. The van der Waals surface area contributed by atoms with Crippen LogP contribution in [0.25, 0.3) is 0 Å². The van der Waals surface area contributed by atoms with Gasteiger partial charge in [-0.25, -0.2) is 0 Å². The van der Waals surface area contributed by atoms with Crippen LogP contribution in [0.5, 0.6) is 0 Å². The van der Waals surface area contributed by atoms with E-state index in [1.807, 2.05) is 0 Å². The number of hydrogen-bond acceptors (Lipinski definition) is 0. The van der Waals surface area contributed by atoms with E-state index >= 15 is 0 Å². The van der Waals surface area contributed by atoms with Crippen molar-refractivity contribution in [3.8, 4) is 0 Å². The monoisotopic (exact) mass is 153 g/mol. The summed E-state index contributed by atoms with van der Waals surface area (Å²) in [5.41, 5.74) is 0. The van der Waals surface area contributed by atoms with Crippen LogP contribution in [0, 0.1) is 6.92 Å². The van der Waals surface area contributed by atoms with E-state index in [1.54, 1.807) is 0 Å². The van der Waals surface area contributed by atoms with E-state index in [2.05, 4.69) is 26.0 Å². The van der Waals surface area contributed by atoms with Crippen molar-refractivity contribution in [1.82, 2.24) is 0 Å². The lowest BCUT2D eigenvalue weighted by molar-refractivity contribution is 0.727. The first-order valence-electron chi connectivity index (χ1n) is 4.86. The van der Waals surface area contributed by atoms with Gasteiger partial charge >= 0.3 is 0 Å². The summed E-state index contributed by atoms with van der Waals surface area (Å²) in [6.45, 7) is 6.04. The lowest BCUT2D eigenvalue weighted by atomic mass is 10.2. The van der Waals surface area contributed by atoms with E-state index in [0.717, 1.165) is 6.42 Å². The minimum atomic E-state index is 1.07. The summed E-state index contributed by atoms with van der Waals surface area (Å²) in [4.78, 5) is 0. The molecule has 0 aliphatic heterocycles. The van der Waals surface area contributed by atoms with Crippen molar-refractivity contribution in [2.45, 2.75) is 51.9 Å². The molecule has 0 heteroatoms. The van der Waals surface area contributed by atoms with Gasteiger partial charge in [0.25, 0.3) is 0 Å². The lowest BCUT2D eigenvalue weighted by Crippen LogP contribution is -1.71. The fraction of sp³-hybridized carbons (Fsp3) is 0.727. The predicted octanol–water partition coefficient (Wildman–Crippen LogP) is 4.13. The molecule has 0 aromatic carbocycles. The molecule has 0 saturated carbocycles. The van der Waals surface area contributed by atoms with Gasteiger partial charge in [-0.3, -0.25) is 0 Å². The first-order valence-corrected chi connectivity index (χ1v) is 4.86. The predicted molar refractivity (Wildman–Crippen MR) is 52.5 cm³/mol. The highest BCUT2D eigenvalue weighted by Gasteiger charge is 1.81. The average molecular weight is 153 g/mol. The minimum absolute atomic E-state index is 1.07. The molecule has 0 amide bonds. The quantitative estimate of drug-likeness (QED) is 0.381. The number of hydrogen-bond donors (Lipinski definition) is 0. The molecule has 0 fully saturated rings. The van der Waals surface area contributed by atoms with Crippen molar-refractivity contribution < 1.29 is 0 Å². The number of allylic oxidation sites excluding steroid dienone is 2. The van der Waals surface area contributed by atoms with Crippen LogP contribution in [0.1, 0.15) is 51.9 Å². The summed E-state index contributed by atoms with van der Waals surface area (Å²) in [6.07, 6.45) is 13.5. The molecule has 0 aromatic heterocycles. The van der Waals surface area contributed by atoms with Gasteiger partial charge in [-0.2, -0.15) is 0 Å². The van der Waals surface area contributed by atoms with Crippen molar-refractivity contribution in [2.24, 2.45) is 0 Å². The minimum Gasteiger partial charge on any atom is -0.0885 e. The third-order valence-corrected chi connectivity index (χ3v) is 1.76. The van der Waals surface area contributed by atoms with Crippen molar-refractivity contribution in [3.63, 3.8) is 0 Å². The summed E-state index contributed by atoms with van der Waals surface area (Å²) in [5.74, 6) is 0. The Morgan fingerprint density at radius 3 is 2.18 bits per heavy atom. The lowest BCUT2D eigenvalue weighted by Gasteiger charge is -1.91. The molecule has 0 nitrogen and oxygen atoms in total. The Bertz CT molecular complexity index is 82.0.